The van der Waals surface area contributed by atoms with E-state index in [1.807, 2.05) is 0 Å². The van der Waals surface area contributed by atoms with Crippen LogP contribution >= 0.6 is 15.9 Å². The number of aromatic nitrogens is 2. The summed E-state index contributed by atoms with van der Waals surface area (Å²) in [6, 6.07) is 4.39. The first-order valence-corrected chi connectivity index (χ1v) is 5.98. The highest BCUT2D eigenvalue weighted by Crippen LogP contribution is 2.25. The Morgan fingerprint density at radius 2 is 2.21 bits per heavy atom. The number of nitrogens with two attached hydrogens (primary N) is 1. The molecule has 19 heavy (non-hydrogen) atoms. The molecule has 2 N–H and O–H groups in total. The maximum Gasteiger partial charge on any atom is 0.360 e. The van der Waals surface area contributed by atoms with Crippen molar-refractivity contribution in [1.29, 1.82) is 0 Å². The number of methoxy groups -OCH3 is 1. The first-order chi connectivity index (χ1) is 9.02. The van der Waals surface area contributed by atoms with Gasteiger partial charge < -0.3 is 10.5 Å². The van der Waals surface area contributed by atoms with E-state index in [0.717, 1.165) is 0 Å². The molecule has 0 atom stereocenters. The van der Waals surface area contributed by atoms with Crippen LogP contribution < -0.4 is 5.73 Å². The minimum Gasteiger partial charge on any atom is -0.464 e. The SMILES string of the molecule is COC(=O)c1nc(-c2cc(Br)ccc2F)cnc1N. The Balaban J connectivity index is 2.57. The molecule has 98 valence electrons. The van der Waals surface area contributed by atoms with E-state index in [-0.39, 0.29) is 22.8 Å². The normalized spacial score (nSPS) is 10.3. The standard InChI is InChI=1S/C12H9BrFN3O2/c1-19-12(18)10-11(15)16-5-9(17-10)7-4-6(13)2-3-8(7)14/h2-5H,1H3,(H2,15,16). The average molecular weight is 326 g/mol. The van der Waals surface area contributed by atoms with Crippen molar-refractivity contribution < 1.29 is 13.9 Å². The molecule has 1 heterocycles. The highest BCUT2D eigenvalue weighted by molar-refractivity contribution is 9.10. The van der Waals surface area contributed by atoms with E-state index >= 15 is 0 Å². The number of anilines is 1. The van der Waals surface area contributed by atoms with Gasteiger partial charge in [-0.15, -0.1) is 0 Å². The number of benzene rings is 1. The van der Waals surface area contributed by atoms with Gasteiger partial charge in [-0.2, -0.15) is 0 Å². The Labute approximate surface area is 116 Å². The molecular weight excluding hydrogens is 317 g/mol. The molecule has 2 aromatic rings. The summed E-state index contributed by atoms with van der Waals surface area (Å²) in [5.74, 6) is -1.26. The van der Waals surface area contributed by atoms with E-state index in [4.69, 9.17) is 5.73 Å². The van der Waals surface area contributed by atoms with Crippen molar-refractivity contribution in [2.24, 2.45) is 0 Å². The van der Waals surface area contributed by atoms with Gasteiger partial charge >= 0.3 is 5.97 Å². The third kappa shape index (κ3) is 2.70. The van der Waals surface area contributed by atoms with Crippen molar-refractivity contribution in [2.45, 2.75) is 0 Å². The lowest BCUT2D eigenvalue weighted by Gasteiger charge is -2.06. The summed E-state index contributed by atoms with van der Waals surface area (Å²) in [7, 11) is 1.20. The van der Waals surface area contributed by atoms with Crippen LogP contribution in [-0.2, 0) is 4.74 Å². The van der Waals surface area contributed by atoms with Gasteiger partial charge in [0, 0.05) is 10.0 Å². The number of esters is 1. The quantitative estimate of drug-likeness (QED) is 0.858. The van der Waals surface area contributed by atoms with Gasteiger partial charge in [-0.05, 0) is 18.2 Å². The fourth-order valence-corrected chi connectivity index (χ4v) is 1.83. The Morgan fingerprint density at radius 3 is 2.89 bits per heavy atom. The van der Waals surface area contributed by atoms with Crippen LogP contribution in [0.25, 0.3) is 11.3 Å². The highest BCUT2D eigenvalue weighted by Gasteiger charge is 2.16. The van der Waals surface area contributed by atoms with E-state index in [1.165, 1.54) is 25.4 Å². The lowest BCUT2D eigenvalue weighted by Crippen LogP contribution is -2.10. The van der Waals surface area contributed by atoms with Gasteiger partial charge in [-0.3, -0.25) is 0 Å². The second-order valence-electron chi connectivity index (χ2n) is 3.60. The van der Waals surface area contributed by atoms with Crippen LogP contribution in [0.5, 0.6) is 0 Å². The van der Waals surface area contributed by atoms with Gasteiger partial charge in [0.1, 0.15) is 5.82 Å². The lowest BCUT2D eigenvalue weighted by molar-refractivity contribution is 0.0595. The van der Waals surface area contributed by atoms with Crippen LogP contribution in [-0.4, -0.2) is 23.0 Å². The second-order valence-corrected chi connectivity index (χ2v) is 4.52. The Morgan fingerprint density at radius 1 is 1.47 bits per heavy atom. The molecule has 1 aromatic heterocycles. The summed E-state index contributed by atoms with van der Waals surface area (Å²) in [4.78, 5) is 19.3. The number of carbonyl (C=O) groups excluding carboxylic acids is 1. The van der Waals surface area contributed by atoms with Crippen molar-refractivity contribution in [3.8, 4) is 11.3 Å². The van der Waals surface area contributed by atoms with Crippen molar-refractivity contribution in [3.63, 3.8) is 0 Å². The van der Waals surface area contributed by atoms with Gasteiger partial charge in [0.05, 0.1) is 19.0 Å². The van der Waals surface area contributed by atoms with Crippen LogP contribution in [0.3, 0.4) is 0 Å². The van der Waals surface area contributed by atoms with Gasteiger partial charge in [0.2, 0.25) is 0 Å². The summed E-state index contributed by atoms with van der Waals surface area (Å²) >= 11 is 3.24. The molecule has 5 nitrogen and oxygen atoms in total. The zero-order valence-corrected chi connectivity index (χ0v) is 11.4. The lowest BCUT2D eigenvalue weighted by atomic mass is 10.1. The summed E-state index contributed by atoms with van der Waals surface area (Å²) < 4.78 is 19.0. The molecule has 0 spiro atoms. The number of carbonyl (C=O) groups is 1. The Hall–Kier alpha value is -2.02. The number of nitrogens with zero attached hydrogens (tertiary/aromatic N) is 2. The molecule has 0 bridgehead atoms. The number of hydrogen-bond donors (Lipinski definition) is 1. The molecule has 0 amide bonds. The van der Waals surface area contributed by atoms with Crippen molar-refractivity contribution in [3.05, 3.63) is 40.4 Å². The number of halogens is 2. The number of nitrogen functional groups attached to an aromatic ring is 1. The van der Waals surface area contributed by atoms with Gasteiger partial charge in [0.15, 0.2) is 11.5 Å². The molecule has 0 aliphatic carbocycles. The molecular formula is C12H9BrFN3O2. The predicted octanol–water partition coefficient (Wildman–Crippen LogP) is 2.41. The van der Waals surface area contributed by atoms with E-state index in [9.17, 15) is 9.18 Å². The van der Waals surface area contributed by atoms with E-state index in [2.05, 4.69) is 30.6 Å². The van der Waals surface area contributed by atoms with Crippen LogP contribution in [0.2, 0.25) is 0 Å². The predicted molar refractivity (Wildman–Crippen MR) is 70.9 cm³/mol. The molecule has 2 rings (SSSR count). The average Bonchev–Trinajstić information content (AvgIpc) is 2.41. The maximum absolute atomic E-state index is 13.7. The first-order valence-electron chi connectivity index (χ1n) is 5.19. The minimum atomic E-state index is -0.720. The Bertz CT molecular complexity index is 649. The first kappa shape index (κ1) is 13.4. The molecule has 0 saturated heterocycles. The van der Waals surface area contributed by atoms with Gasteiger partial charge in [-0.25, -0.2) is 19.2 Å². The summed E-state index contributed by atoms with van der Waals surface area (Å²) in [6.45, 7) is 0. The van der Waals surface area contributed by atoms with Crippen molar-refractivity contribution in [2.75, 3.05) is 12.8 Å². The third-order valence-electron chi connectivity index (χ3n) is 2.38. The fourth-order valence-electron chi connectivity index (χ4n) is 1.47. The summed E-state index contributed by atoms with van der Waals surface area (Å²) in [5.41, 5.74) is 5.81. The van der Waals surface area contributed by atoms with Crippen LogP contribution in [0.1, 0.15) is 10.5 Å². The number of hydrogen-bond acceptors (Lipinski definition) is 5. The summed E-state index contributed by atoms with van der Waals surface area (Å²) in [5, 5.41) is 0. The van der Waals surface area contributed by atoms with Crippen LogP contribution in [0, 0.1) is 5.82 Å². The zero-order valence-electron chi connectivity index (χ0n) is 9.85. The fraction of sp³-hybridized carbons (Fsp3) is 0.0833. The molecule has 0 aliphatic rings. The topological polar surface area (TPSA) is 78.1 Å². The highest BCUT2D eigenvalue weighted by atomic mass is 79.9. The molecule has 0 aliphatic heterocycles. The minimum absolute atomic E-state index is 0.0639. The van der Waals surface area contributed by atoms with E-state index < -0.39 is 11.8 Å². The van der Waals surface area contributed by atoms with Crippen LogP contribution in [0.4, 0.5) is 10.2 Å². The van der Waals surface area contributed by atoms with Crippen molar-refractivity contribution >= 4 is 27.7 Å². The molecule has 0 unspecified atom stereocenters. The van der Waals surface area contributed by atoms with Crippen LogP contribution in [0.15, 0.2) is 28.9 Å². The molecule has 7 heteroatoms. The Kier molecular flexibility index (Phi) is 3.75. The molecule has 0 fully saturated rings. The molecule has 1 aromatic carbocycles. The number of ether oxygens (including phenoxy) is 1. The molecule has 0 saturated carbocycles. The smallest absolute Gasteiger partial charge is 0.360 e. The second kappa shape index (κ2) is 5.31. The third-order valence-corrected chi connectivity index (χ3v) is 2.88. The number of rotatable bonds is 2. The van der Waals surface area contributed by atoms with Gasteiger partial charge in [0.25, 0.3) is 0 Å². The monoisotopic (exact) mass is 325 g/mol. The maximum atomic E-state index is 13.7. The van der Waals surface area contributed by atoms with Gasteiger partial charge in [-0.1, -0.05) is 15.9 Å². The largest absolute Gasteiger partial charge is 0.464 e. The van der Waals surface area contributed by atoms with E-state index in [0.29, 0.717) is 4.47 Å². The van der Waals surface area contributed by atoms with E-state index in [1.54, 1.807) is 6.07 Å². The summed E-state index contributed by atoms with van der Waals surface area (Å²) in [6.07, 6.45) is 1.30. The zero-order chi connectivity index (χ0) is 14.0. The van der Waals surface area contributed by atoms with Crippen molar-refractivity contribution in [1.82, 2.24) is 9.97 Å². The molecule has 0 radical (unpaired) electrons.